The van der Waals surface area contributed by atoms with E-state index in [0.29, 0.717) is 24.2 Å². The highest BCUT2D eigenvalue weighted by Gasteiger charge is 2.12. The molecule has 1 aliphatic rings. The number of pyridine rings is 1. The summed E-state index contributed by atoms with van der Waals surface area (Å²) in [4.78, 5) is 39.8. The molecule has 0 radical (unpaired) electrons. The van der Waals surface area contributed by atoms with Gasteiger partial charge in [-0.05, 0) is 41.8 Å². The molecule has 1 aromatic heterocycles. The van der Waals surface area contributed by atoms with E-state index in [1.54, 1.807) is 37.5 Å². The van der Waals surface area contributed by atoms with E-state index in [1.807, 2.05) is 42.5 Å². The van der Waals surface area contributed by atoms with Gasteiger partial charge in [-0.2, -0.15) is 4.99 Å². The molecule has 1 heterocycles. The van der Waals surface area contributed by atoms with Crippen molar-refractivity contribution in [3.8, 4) is 0 Å². The summed E-state index contributed by atoms with van der Waals surface area (Å²) < 4.78 is 1.35. The number of carbonyl (C=O) groups excluding carboxylic acids is 2. The number of hydrogen-bond donors (Lipinski definition) is 3. The summed E-state index contributed by atoms with van der Waals surface area (Å²) in [5, 5.41) is 2.82. The first-order valence-corrected chi connectivity index (χ1v) is 10.1. The SMILES string of the molecule is Cc1ccn(NC=Cc2ccccc2)c(=O)c1CC(=O)NCC1=CCC(=NC(N)=O)C=C1. The maximum absolute atomic E-state index is 12.8. The number of hydrogen-bond acceptors (Lipinski definition) is 4. The number of aliphatic imine (C=N–C) groups is 1. The van der Waals surface area contributed by atoms with Gasteiger partial charge in [0, 0.05) is 36.6 Å². The van der Waals surface area contributed by atoms with Crippen molar-refractivity contribution >= 4 is 23.7 Å². The number of nitrogens with zero attached hydrogens (tertiary/aromatic N) is 2. The van der Waals surface area contributed by atoms with Gasteiger partial charge in [-0.15, -0.1) is 0 Å². The summed E-state index contributed by atoms with van der Waals surface area (Å²) in [6.45, 7) is 2.12. The molecule has 32 heavy (non-hydrogen) atoms. The first-order chi connectivity index (χ1) is 15.4. The average molecular weight is 431 g/mol. The average Bonchev–Trinajstić information content (AvgIpc) is 2.78. The molecule has 0 bridgehead atoms. The topological polar surface area (TPSA) is 119 Å². The Morgan fingerprint density at radius 1 is 1.19 bits per heavy atom. The minimum atomic E-state index is -0.733. The largest absolute Gasteiger partial charge is 0.352 e. The van der Waals surface area contributed by atoms with E-state index in [-0.39, 0.29) is 17.9 Å². The van der Waals surface area contributed by atoms with Crippen LogP contribution in [0.15, 0.2) is 82.4 Å². The molecule has 0 atom stereocenters. The Morgan fingerprint density at radius 3 is 2.66 bits per heavy atom. The Labute approximate surface area is 185 Å². The second kappa shape index (κ2) is 10.7. The molecule has 1 aliphatic carbocycles. The van der Waals surface area contributed by atoms with Crippen molar-refractivity contribution in [1.29, 1.82) is 0 Å². The van der Waals surface area contributed by atoms with Gasteiger partial charge >= 0.3 is 6.03 Å². The number of benzene rings is 1. The number of carbonyl (C=O) groups is 2. The second-order valence-electron chi connectivity index (χ2n) is 7.24. The summed E-state index contributed by atoms with van der Waals surface area (Å²) in [7, 11) is 0. The summed E-state index contributed by atoms with van der Waals surface area (Å²) in [5.74, 6) is -0.256. The van der Waals surface area contributed by atoms with Crippen LogP contribution in [0.3, 0.4) is 0 Å². The Bertz CT molecular complexity index is 1170. The predicted octanol–water partition coefficient (Wildman–Crippen LogP) is 2.44. The fourth-order valence-corrected chi connectivity index (χ4v) is 3.12. The maximum Gasteiger partial charge on any atom is 0.338 e. The summed E-state index contributed by atoms with van der Waals surface area (Å²) >= 11 is 0. The van der Waals surface area contributed by atoms with Crippen LogP contribution in [0, 0.1) is 6.92 Å². The van der Waals surface area contributed by atoms with Crippen LogP contribution in [0.4, 0.5) is 4.79 Å². The van der Waals surface area contributed by atoms with E-state index < -0.39 is 6.03 Å². The molecule has 1 aromatic carbocycles. The van der Waals surface area contributed by atoms with Crippen molar-refractivity contribution in [2.75, 3.05) is 12.0 Å². The molecule has 164 valence electrons. The van der Waals surface area contributed by atoms with Gasteiger partial charge in [-0.1, -0.05) is 42.5 Å². The number of allylic oxidation sites excluding steroid dienone is 2. The Morgan fingerprint density at radius 2 is 1.97 bits per heavy atom. The lowest BCUT2D eigenvalue weighted by molar-refractivity contribution is -0.120. The van der Waals surface area contributed by atoms with Crippen LogP contribution in [-0.4, -0.2) is 28.9 Å². The van der Waals surface area contributed by atoms with E-state index >= 15 is 0 Å². The monoisotopic (exact) mass is 431 g/mol. The number of aryl methyl sites for hydroxylation is 1. The molecule has 8 heteroatoms. The van der Waals surface area contributed by atoms with Crippen LogP contribution in [-0.2, 0) is 11.2 Å². The first-order valence-electron chi connectivity index (χ1n) is 10.1. The summed E-state index contributed by atoms with van der Waals surface area (Å²) in [6.07, 6.45) is 10.9. The Kier molecular flexibility index (Phi) is 7.53. The molecule has 0 saturated heterocycles. The summed E-state index contributed by atoms with van der Waals surface area (Å²) in [6, 6.07) is 10.8. The van der Waals surface area contributed by atoms with Gasteiger partial charge in [0.25, 0.3) is 5.56 Å². The smallest absolute Gasteiger partial charge is 0.338 e. The van der Waals surface area contributed by atoms with Crippen LogP contribution >= 0.6 is 0 Å². The lowest BCUT2D eigenvalue weighted by Gasteiger charge is -2.12. The van der Waals surface area contributed by atoms with Crippen molar-refractivity contribution in [3.05, 3.63) is 99.6 Å². The zero-order chi connectivity index (χ0) is 22.9. The molecule has 3 rings (SSSR count). The third-order valence-electron chi connectivity index (χ3n) is 4.86. The fourth-order valence-electron chi connectivity index (χ4n) is 3.12. The molecule has 0 saturated carbocycles. The van der Waals surface area contributed by atoms with Gasteiger partial charge in [0.15, 0.2) is 0 Å². The van der Waals surface area contributed by atoms with Gasteiger partial charge in [0.1, 0.15) is 0 Å². The van der Waals surface area contributed by atoms with Crippen LogP contribution < -0.4 is 22.0 Å². The van der Waals surface area contributed by atoms with Crippen molar-refractivity contribution in [1.82, 2.24) is 9.99 Å². The van der Waals surface area contributed by atoms with Gasteiger partial charge in [0.2, 0.25) is 5.91 Å². The standard InChI is InChI=1S/C24H25N5O3/c1-17-12-14-29(27-13-11-18-5-3-2-4-6-18)23(31)21(17)15-22(30)26-16-19-7-9-20(10-8-19)28-24(25)32/h2-9,11-14,27H,10,15-16H2,1H3,(H2,25,32)(H,26,30). The molecule has 0 aliphatic heterocycles. The number of amides is 3. The van der Waals surface area contributed by atoms with Crippen LogP contribution in [0.1, 0.15) is 23.1 Å². The second-order valence-corrected chi connectivity index (χ2v) is 7.24. The Balaban J connectivity index is 1.59. The van der Waals surface area contributed by atoms with Gasteiger partial charge in [-0.3, -0.25) is 15.0 Å². The highest BCUT2D eigenvalue weighted by molar-refractivity contribution is 6.03. The van der Waals surface area contributed by atoms with E-state index in [0.717, 1.165) is 16.7 Å². The fraction of sp³-hybridized carbons (Fsp3) is 0.167. The zero-order valence-electron chi connectivity index (χ0n) is 17.7. The molecule has 0 fully saturated rings. The molecule has 2 aromatic rings. The lowest BCUT2D eigenvalue weighted by atomic mass is 10.0. The highest BCUT2D eigenvalue weighted by atomic mass is 16.2. The zero-order valence-corrected chi connectivity index (χ0v) is 17.7. The van der Waals surface area contributed by atoms with Crippen molar-refractivity contribution in [2.45, 2.75) is 19.8 Å². The van der Waals surface area contributed by atoms with Crippen molar-refractivity contribution in [2.24, 2.45) is 10.7 Å². The first kappa shape index (κ1) is 22.5. The lowest BCUT2D eigenvalue weighted by Crippen LogP contribution is -2.34. The number of nitrogens with one attached hydrogen (secondary N) is 2. The van der Waals surface area contributed by atoms with Gasteiger partial charge in [0.05, 0.1) is 6.42 Å². The number of urea groups is 1. The van der Waals surface area contributed by atoms with E-state index in [1.165, 1.54) is 4.68 Å². The molecule has 4 N–H and O–H groups in total. The summed E-state index contributed by atoms with van der Waals surface area (Å²) in [5.41, 5.74) is 11.3. The van der Waals surface area contributed by atoms with Crippen LogP contribution in [0.2, 0.25) is 0 Å². The molecular weight excluding hydrogens is 406 g/mol. The van der Waals surface area contributed by atoms with Crippen LogP contribution in [0.5, 0.6) is 0 Å². The third kappa shape index (κ3) is 6.40. The van der Waals surface area contributed by atoms with Gasteiger partial charge < -0.3 is 11.1 Å². The number of nitrogens with two attached hydrogens (primary N) is 1. The molecular formula is C24H25N5O3. The number of rotatable bonds is 7. The Hall–Kier alpha value is -4.20. The molecule has 0 unspecified atom stereocenters. The quantitative estimate of drug-likeness (QED) is 0.624. The minimum absolute atomic E-state index is 0.0268. The minimum Gasteiger partial charge on any atom is -0.352 e. The molecule has 8 nitrogen and oxygen atoms in total. The maximum atomic E-state index is 12.8. The van der Waals surface area contributed by atoms with Crippen molar-refractivity contribution in [3.63, 3.8) is 0 Å². The number of aromatic nitrogens is 1. The predicted molar refractivity (Wildman–Crippen MR) is 126 cm³/mol. The van der Waals surface area contributed by atoms with E-state index in [9.17, 15) is 14.4 Å². The molecule has 0 spiro atoms. The van der Waals surface area contributed by atoms with Crippen LogP contribution in [0.25, 0.3) is 6.08 Å². The number of primary amides is 1. The van der Waals surface area contributed by atoms with Gasteiger partial charge in [-0.25, -0.2) is 9.47 Å². The molecule has 3 amide bonds. The van der Waals surface area contributed by atoms with E-state index in [2.05, 4.69) is 15.7 Å². The third-order valence-corrected chi connectivity index (χ3v) is 4.86. The highest BCUT2D eigenvalue weighted by Crippen LogP contribution is 2.08. The normalized spacial score (nSPS) is 14.4. The van der Waals surface area contributed by atoms with Crippen molar-refractivity contribution < 1.29 is 9.59 Å². The van der Waals surface area contributed by atoms with E-state index in [4.69, 9.17) is 5.73 Å².